The van der Waals surface area contributed by atoms with Gasteiger partial charge >= 0.3 is 23.9 Å². The van der Waals surface area contributed by atoms with Crippen LogP contribution in [0.5, 0.6) is 0 Å². The third-order valence-electron chi connectivity index (χ3n) is 4.34. The molecular formula is C19H24N2O10S2. The van der Waals surface area contributed by atoms with Gasteiger partial charge in [-0.2, -0.15) is 0 Å². The lowest BCUT2D eigenvalue weighted by molar-refractivity contribution is -0.237. The molecule has 2 N–H and O–H groups in total. The molecule has 0 saturated carbocycles. The predicted octanol–water partition coefficient (Wildman–Crippen LogP) is 0.503. The van der Waals surface area contributed by atoms with Gasteiger partial charge in [-0.15, -0.1) is 0 Å². The molecule has 1 aliphatic heterocycles. The number of ether oxygens (including phenoxy) is 5. The van der Waals surface area contributed by atoms with Crippen molar-refractivity contribution in [2.75, 3.05) is 6.61 Å². The molecule has 182 valence electrons. The smallest absolute Gasteiger partial charge is 0.303 e. The summed E-state index contributed by atoms with van der Waals surface area (Å²) in [6.45, 7) is 5.85. The fraction of sp³-hybridized carbons (Fsp3) is 0.579. The van der Waals surface area contributed by atoms with E-state index in [0.29, 0.717) is 5.69 Å². The van der Waals surface area contributed by atoms with Crippen LogP contribution in [0, 0.1) is 6.92 Å². The van der Waals surface area contributed by atoms with Crippen LogP contribution in [0.3, 0.4) is 0 Å². The van der Waals surface area contributed by atoms with E-state index in [2.05, 4.69) is 10.2 Å². The van der Waals surface area contributed by atoms with Gasteiger partial charge in [-0.1, -0.05) is 24.0 Å². The normalized spacial score (nSPS) is 24.5. The lowest BCUT2D eigenvalue weighted by Crippen LogP contribution is -2.61. The molecule has 0 radical (unpaired) electrons. The first-order valence-electron chi connectivity index (χ1n) is 9.69. The fourth-order valence-corrected chi connectivity index (χ4v) is 4.79. The first kappa shape index (κ1) is 26.5. The summed E-state index contributed by atoms with van der Waals surface area (Å²) >= 11 is 6.26. The zero-order valence-corrected chi connectivity index (χ0v) is 20.1. The van der Waals surface area contributed by atoms with Gasteiger partial charge in [-0.05, 0) is 6.92 Å². The molecular weight excluding hydrogens is 480 g/mol. The lowest BCUT2D eigenvalue weighted by Gasteiger charge is -2.44. The van der Waals surface area contributed by atoms with Crippen LogP contribution in [0.1, 0.15) is 39.0 Å². The molecule has 12 nitrogen and oxygen atoms in total. The molecule has 0 aliphatic carbocycles. The minimum atomic E-state index is -1.31. The fourth-order valence-electron chi connectivity index (χ4n) is 3.14. The van der Waals surface area contributed by atoms with E-state index in [1.807, 2.05) is 0 Å². The molecule has 0 aromatic carbocycles. The Morgan fingerprint density at radius 1 is 0.909 bits per heavy atom. The van der Waals surface area contributed by atoms with E-state index in [1.54, 1.807) is 6.92 Å². The molecule has 1 saturated heterocycles. The van der Waals surface area contributed by atoms with Crippen molar-refractivity contribution < 1.29 is 42.9 Å². The molecule has 33 heavy (non-hydrogen) atoms. The predicted molar refractivity (Wildman–Crippen MR) is 117 cm³/mol. The van der Waals surface area contributed by atoms with E-state index in [4.69, 9.17) is 35.9 Å². The van der Waals surface area contributed by atoms with Crippen molar-refractivity contribution in [1.29, 1.82) is 0 Å². The van der Waals surface area contributed by atoms with Gasteiger partial charge < -0.3 is 28.8 Å². The van der Waals surface area contributed by atoms with Crippen LogP contribution in [0.15, 0.2) is 4.79 Å². The second kappa shape index (κ2) is 11.4. The van der Waals surface area contributed by atoms with Gasteiger partial charge in [0, 0.05) is 33.4 Å². The summed E-state index contributed by atoms with van der Waals surface area (Å²) in [4.78, 5) is 58.9. The Hall–Kier alpha value is -2.71. The summed E-state index contributed by atoms with van der Waals surface area (Å²) in [7, 11) is 0. The molecule has 2 heterocycles. The van der Waals surface area contributed by atoms with Crippen LogP contribution >= 0.6 is 24.0 Å². The molecule has 0 unspecified atom stereocenters. The molecule has 0 bridgehead atoms. The number of thioether (sulfide) groups is 1. The zero-order chi connectivity index (χ0) is 24.9. The lowest BCUT2D eigenvalue weighted by atomic mass is 9.99. The molecule has 1 fully saturated rings. The van der Waals surface area contributed by atoms with Crippen LogP contribution < -0.4 is 5.56 Å². The first-order chi connectivity index (χ1) is 15.4. The molecule has 1 aromatic heterocycles. The topological polar surface area (TPSA) is 163 Å². The van der Waals surface area contributed by atoms with Gasteiger partial charge in [0.25, 0.3) is 5.56 Å². The van der Waals surface area contributed by atoms with Crippen molar-refractivity contribution in [2.45, 2.75) is 64.5 Å². The number of nitrogens with one attached hydrogen (secondary N) is 2. The maximum absolute atomic E-state index is 12.1. The maximum atomic E-state index is 12.1. The molecule has 1 aliphatic rings. The monoisotopic (exact) mass is 504 g/mol. The Balaban J connectivity index is 2.47. The van der Waals surface area contributed by atoms with Crippen molar-refractivity contribution in [3.05, 3.63) is 21.6 Å². The number of aromatic nitrogens is 2. The van der Waals surface area contributed by atoms with Crippen molar-refractivity contribution in [3.63, 3.8) is 0 Å². The Labute approximate surface area is 198 Å². The number of carbonyl (C=O) groups is 4. The minimum absolute atomic E-state index is 0.107. The summed E-state index contributed by atoms with van der Waals surface area (Å²) in [6, 6.07) is 0. The molecule has 0 spiro atoms. The van der Waals surface area contributed by atoms with Crippen LogP contribution in [-0.4, -0.2) is 74.7 Å². The van der Waals surface area contributed by atoms with E-state index >= 15 is 0 Å². The highest BCUT2D eigenvalue weighted by Crippen LogP contribution is 2.36. The number of hydrogen-bond acceptors (Lipinski definition) is 12. The molecule has 5 atom stereocenters. The highest BCUT2D eigenvalue weighted by molar-refractivity contribution is 8.24. The Morgan fingerprint density at radius 2 is 1.45 bits per heavy atom. The van der Waals surface area contributed by atoms with Crippen molar-refractivity contribution in [2.24, 2.45) is 0 Å². The van der Waals surface area contributed by atoms with E-state index in [1.165, 1.54) is 6.92 Å². The van der Waals surface area contributed by atoms with Gasteiger partial charge in [0.15, 0.2) is 18.3 Å². The number of thiocarbonyl (C=S) groups is 1. The molecule has 0 amide bonds. The zero-order valence-electron chi connectivity index (χ0n) is 18.5. The Kier molecular flexibility index (Phi) is 9.19. The SMILES string of the molecule is CC(=O)OC[C@H]1O[C@@H](SC(=S)c2c(C)[nH][nH]c2=O)[C@H](OC(C)=O)[C@@H](OC(C)=O)[C@@H]1OC(C)=O. The summed E-state index contributed by atoms with van der Waals surface area (Å²) in [5.74, 6) is -2.83. The summed E-state index contributed by atoms with van der Waals surface area (Å²) < 4.78 is 27.1. The van der Waals surface area contributed by atoms with Gasteiger partial charge in [-0.25, -0.2) is 0 Å². The van der Waals surface area contributed by atoms with Gasteiger partial charge in [0.2, 0.25) is 0 Å². The van der Waals surface area contributed by atoms with Crippen LogP contribution in [0.4, 0.5) is 0 Å². The summed E-state index contributed by atoms with van der Waals surface area (Å²) in [6.07, 6.45) is -4.95. The van der Waals surface area contributed by atoms with E-state index in [0.717, 1.165) is 32.5 Å². The first-order valence-corrected chi connectivity index (χ1v) is 11.0. The van der Waals surface area contributed by atoms with Crippen molar-refractivity contribution >= 4 is 52.1 Å². The number of rotatable bonds is 7. The number of aromatic amines is 2. The number of carbonyl (C=O) groups excluding carboxylic acids is 4. The van der Waals surface area contributed by atoms with Crippen LogP contribution in [-0.2, 0) is 42.9 Å². The number of esters is 4. The van der Waals surface area contributed by atoms with E-state index < -0.39 is 59.3 Å². The Bertz CT molecular complexity index is 987. The minimum Gasteiger partial charge on any atom is -0.463 e. The standard InChI is InChI=1S/C19H24N2O10S2/c1-7-13(17(26)21-20-7)19(32)33-18-16(30-11(5)25)15(29-10(4)24)14(28-9(3)23)12(31-18)6-27-8(2)22/h12,14-16,18H,6H2,1-5H3,(H2,20,21,26)/t12-,14-,15+,16-,18+/m1/s1. The van der Waals surface area contributed by atoms with E-state index in [9.17, 15) is 24.0 Å². The average Bonchev–Trinajstić information content (AvgIpc) is 3.02. The quantitative estimate of drug-likeness (QED) is 0.301. The average molecular weight is 505 g/mol. The van der Waals surface area contributed by atoms with Crippen LogP contribution in [0.25, 0.3) is 0 Å². The van der Waals surface area contributed by atoms with Gasteiger partial charge in [0.1, 0.15) is 18.1 Å². The van der Waals surface area contributed by atoms with Crippen molar-refractivity contribution in [3.8, 4) is 0 Å². The highest BCUT2D eigenvalue weighted by atomic mass is 32.2. The molecule has 1 aromatic rings. The molecule has 14 heteroatoms. The molecule has 2 rings (SSSR count). The highest BCUT2D eigenvalue weighted by Gasteiger charge is 2.52. The summed E-state index contributed by atoms with van der Waals surface area (Å²) in [5, 5.41) is 5.07. The van der Waals surface area contributed by atoms with E-state index in [-0.39, 0.29) is 16.4 Å². The van der Waals surface area contributed by atoms with Crippen molar-refractivity contribution in [1.82, 2.24) is 10.2 Å². The van der Waals surface area contributed by atoms with Crippen LogP contribution in [0.2, 0.25) is 0 Å². The second-order valence-corrected chi connectivity index (χ2v) is 8.83. The third-order valence-corrected chi connectivity index (χ3v) is 5.86. The van der Waals surface area contributed by atoms with Gasteiger partial charge in [-0.3, -0.25) is 29.1 Å². The Morgan fingerprint density at radius 3 is 1.94 bits per heavy atom. The third kappa shape index (κ3) is 7.14. The number of hydrogen-bond donors (Lipinski definition) is 2. The largest absolute Gasteiger partial charge is 0.463 e. The maximum Gasteiger partial charge on any atom is 0.303 e. The van der Waals surface area contributed by atoms with Gasteiger partial charge in [0.05, 0.1) is 9.76 Å². The summed E-state index contributed by atoms with van der Waals surface area (Å²) in [5.41, 5.74) is -0.909. The second-order valence-electron chi connectivity index (χ2n) is 7.05. The number of H-pyrrole nitrogens is 2. The number of aryl methyl sites for hydroxylation is 1.